The van der Waals surface area contributed by atoms with Crippen LogP contribution in [-0.4, -0.2) is 16.2 Å². The monoisotopic (exact) mass is 382 g/mol. The number of ketones is 1. The van der Waals surface area contributed by atoms with Gasteiger partial charge in [0, 0.05) is 28.4 Å². The van der Waals surface area contributed by atoms with Crippen LogP contribution in [0.25, 0.3) is 0 Å². The Bertz CT molecular complexity index is 513. The number of rotatable bonds is 6. The van der Waals surface area contributed by atoms with Gasteiger partial charge >= 0.3 is 0 Å². The molecule has 1 N–H and O–H groups in total. The van der Waals surface area contributed by atoms with Crippen molar-refractivity contribution >= 4 is 21.7 Å². The minimum Gasteiger partial charge on any atom is -0.507 e. The van der Waals surface area contributed by atoms with Gasteiger partial charge in [0.05, 0.1) is 0 Å². The lowest BCUT2D eigenvalue weighted by Gasteiger charge is -2.28. The number of phenolic OH excluding ortho intramolecular Hbond substituents is 1. The lowest BCUT2D eigenvalue weighted by atomic mass is 9.78. The van der Waals surface area contributed by atoms with Gasteiger partial charge in [0.25, 0.3) is 0 Å². The SMILES string of the molecule is CC(C)(C)c1cc(C(=O)CCCCCBr)cc(C(C)(C)C)c1O. The molecule has 1 rings (SSSR count). The van der Waals surface area contributed by atoms with Gasteiger partial charge in [-0.15, -0.1) is 0 Å². The van der Waals surface area contributed by atoms with E-state index in [0.29, 0.717) is 12.2 Å². The van der Waals surface area contributed by atoms with Gasteiger partial charge in [-0.05, 0) is 35.8 Å². The molecule has 0 spiro atoms. The molecule has 0 saturated heterocycles. The molecular formula is C20H31BrO2. The van der Waals surface area contributed by atoms with Crippen molar-refractivity contribution in [2.75, 3.05) is 5.33 Å². The number of phenols is 1. The zero-order valence-electron chi connectivity index (χ0n) is 15.4. The fourth-order valence-electron chi connectivity index (χ4n) is 2.64. The highest BCUT2D eigenvalue weighted by molar-refractivity contribution is 9.09. The Morgan fingerprint density at radius 1 is 0.957 bits per heavy atom. The first-order chi connectivity index (χ1) is 10.5. The van der Waals surface area contributed by atoms with Crippen molar-refractivity contribution in [3.8, 4) is 5.75 Å². The number of hydrogen-bond donors (Lipinski definition) is 1. The van der Waals surface area contributed by atoms with Crippen LogP contribution in [-0.2, 0) is 10.8 Å². The molecule has 1 aromatic rings. The quantitative estimate of drug-likeness (QED) is 0.365. The Balaban J connectivity index is 3.20. The second-order valence-electron chi connectivity index (χ2n) is 8.34. The summed E-state index contributed by atoms with van der Waals surface area (Å²) < 4.78 is 0. The van der Waals surface area contributed by atoms with E-state index in [1.807, 2.05) is 12.1 Å². The molecule has 0 aliphatic carbocycles. The molecule has 0 aliphatic rings. The van der Waals surface area contributed by atoms with Crippen LogP contribution in [0.3, 0.4) is 0 Å². The van der Waals surface area contributed by atoms with Crippen molar-refractivity contribution in [2.24, 2.45) is 0 Å². The lowest BCUT2D eigenvalue weighted by molar-refractivity contribution is 0.0979. The highest BCUT2D eigenvalue weighted by Crippen LogP contribution is 2.40. The van der Waals surface area contributed by atoms with E-state index < -0.39 is 0 Å². The zero-order chi connectivity index (χ0) is 17.8. The van der Waals surface area contributed by atoms with Gasteiger partial charge in [-0.1, -0.05) is 63.9 Å². The van der Waals surface area contributed by atoms with Crippen molar-refractivity contribution in [1.82, 2.24) is 0 Å². The smallest absolute Gasteiger partial charge is 0.162 e. The number of hydrogen-bond acceptors (Lipinski definition) is 2. The first-order valence-corrected chi connectivity index (χ1v) is 9.57. The van der Waals surface area contributed by atoms with E-state index in [4.69, 9.17) is 0 Å². The van der Waals surface area contributed by atoms with Crippen LogP contribution in [0.15, 0.2) is 12.1 Å². The van der Waals surface area contributed by atoms with E-state index in [1.54, 1.807) is 0 Å². The van der Waals surface area contributed by atoms with Crippen molar-refractivity contribution in [3.63, 3.8) is 0 Å². The molecule has 0 fully saturated rings. The molecule has 0 unspecified atom stereocenters. The average Bonchev–Trinajstić information content (AvgIpc) is 2.41. The largest absolute Gasteiger partial charge is 0.507 e. The fraction of sp³-hybridized carbons (Fsp3) is 0.650. The number of benzene rings is 1. The Morgan fingerprint density at radius 2 is 1.43 bits per heavy atom. The van der Waals surface area contributed by atoms with E-state index in [-0.39, 0.29) is 16.6 Å². The van der Waals surface area contributed by atoms with Gasteiger partial charge in [0.1, 0.15) is 5.75 Å². The molecule has 0 amide bonds. The third kappa shape index (κ3) is 5.63. The zero-order valence-corrected chi connectivity index (χ0v) is 17.0. The van der Waals surface area contributed by atoms with Gasteiger partial charge in [-0.25, -0.2) is 0 Å². The standard InChI is InChI=1S/C20H31BrO2/c1-19(2,3)15-12-14(17(22)10-8-7-9-11-21)13-16(18(15)23)20(4,5)6/h12-13,23H,7-11H2,1-6H3. The summed E-state index contributed by atoms with van der Waals surface area (Å²) in [5.74, 6) is 0.511. The van der Waals surface area contributed by atoms with Gasteiger partial charge in [-0.2, -0.15) is 0 Å². The molecule has 3 heteroatoms. The Labute approximate surface area is 149 Å². The van der Waals surface area contributed by atoms with E-state index >= 15 is 0 Å². The Morgan fingerprint density at radius 3 is 1.83 bits per heavy atom. The molecule has 2 nitrogen and oxygen atoms in total. The van der Waals surface area contributed by atoms with Crippen LogP contribution in [0.1, 0.15) is 88.7 Å². The second-order valence-corrected chi connectivity index (χ2v) is 9.14. The summed E-state index contributed by atoms with van der Waals surface area (Å²) in [4.78, 5) is 12.6. The maximum absolute atomic E-state index is 12.6. The third-order valence-corrected chi connectivity index (χ3v) is 4.65. The minimum atomic E-state index is -0.198. The number of carbonyl (C=O) groups is 1. The van der Waals surface area contributed by atoms with Crippen LogP contribution in [0.5, 0.6) is 5.75 Å². The van der Waals surface area contributed by atoms with Crippen molar-refractivity contribution in [2.45, 2.75) is 78.1 Å². The number of halogens is 1. The lowest BCUT2D eigenvalue weighted by Crippen LogP contribution is -2.18. The summed E-state index contributed by atoms with van der Waals surface area (Å²) in [6.07, 6.45) is 3.66. The summed E-state index contributed by atoms with van der Waals surface area (Å²) in [7, 11) is 0. The van der Waals surface area contributed by atoms with E-state index in [1.165, 1.54) is 0 Å². The number of alkyl halides is 1. The van der Waals surface area contributed by atoms with Crippen LogP contribution in [0.4, 0.5) is 0 Å². The van der Waals surface area contributed by atoms with Gasteiger partial charge in [0.15, 0.2) is 5.78 Å². The second kappa shape index (κ2) is 7.83. The summed E-state index contributed by atoms with van der Waals surface area (Å²) in [6.45, 7) is 12.4. The predicted molar refractivity (Wildman–Crippen MR) is 102 cm³/mol. The first kappa shape index (κ1) is 20.2. The van der Waals surface area contributed by atoms with Gasteiger partial charge in [0.2, 0.25) is 0 Å². The maximum atomic E-state index is 12.6. The molecule has 23 heavy (non-hydrogen) atoms. The average molecular weight is 383 g/mol. The molecule has 0 atom stereocenters. The molecule has 0 saturated carbocycles. The Hall–Kier alpha value is -0.830. The highest BCUT2D eigenvalue weighted by Gasteiger charge is 2.27. The first-order valence-electron chi connectivity index (χ1n) is 8.45. The third-order valence-electron chi connectivity index (χ3n) is 4.09. The highest BCUT2D eigenvalue weighted by atomic mass is 79.9. The molecule has 0 radical (unpaired) electrons. The predicted octanol–water partition coefficient (Wildman–Crippen LogP) is 6.13. The maximum Gasteiger partial charge on any atom is 0.162 e. The Kier molecular flexibility index (Phi) is 6.88. The van der Waals surface area contributed by atoms with Gasteiger partial charge in [-0.3, -0.25) is 4.79 Å². The van der Waals surface area contributed by atoms with Crippen molar-refractivity contribution in [1.29, 1.82) is 0 Å². The van der Waals surface area contributed by atoms with Crippen LogP contribution in [0, 0.1) is 0 Å². The normalized spacial score (nSPS) is 12.5. The van der Waals surface area contributed by atoms with E-state index in [9.17, 15) is 9.90 Å². The number of unbranched alkanes of at least 4 members (excludes halogenated alkanes) is 2. The number of Topliss-reactive ketones (excluding diaryl/α,β-unsaturated/α-hetero) is 1. The topological polar surface area (TPSA) is 37.3 Å². The summed E-state index contributed by atoms with van der Waals surface area (Å²) in [5, 5.41) is 11.7. The summed E-state index contributed by atoms with van der Waals surface area (Å²) >= 11 is 3.42. The molecule has 1 aromatic carbocycles. The van der Waals surface area contributed by atoms with Crippen LogP contribution >= 0.6 is 15.9 Å². The summed E-state index contributed by atoms with van der Waals surface area (Å²) in [5.41, 5.74) is 2.05. The molecule has 0 bridgehead atoms. The van der Waals surface area contributed by atoms with E-state index in [2.05, 4.69) is 57.5 Å². The molecule has 0 aromatic heterocycles. The van der Waals surface area contributed by atoms with Crippen LogP contribution < -0.4 is 0 Å². The number of carbonyl (C=O) groups excluding carboxylic acids is 1. The van der Waals surface area contributed by atoms with Gasteiger partial charge < -0.3 is 5.11 Å². The fourth-order valence-corrected chi connectivity index (χ4v) is 3.04. The molecule has 130 valence electrons. The van der Waals surface area contributed by atoms with E-state index in [0.717, 1.165) is 41.3 Å². The van der Waals surface area contributed by atoms with Crippen LogP contribution in [0.2, 0.25) is 0 Å². The summed E-state index contributed by atoms with van der Waals surface area (Å²) in [6, 6.07) is 3.77. The molecular weight excluding hydrogens is 352 g/mol. The molecule has 0 aliphatic heterocycles. The molecule has 0 heterocycles. The van der Waals surface area contributed by atoms with Crippen molar-refractivity contribution < 1.29 is 9.90 Å². The van der Waals surface area contributed by atoms with Crippen molar-refractivity contribution in [3.05, 3.63) is 28.8 Å². The number of aromatic hydroxyl groups is 1. The minimum absolute atomic E-state index is 0.176.